The first-order valence-electron chi connectivity index (χ1n) is 6.70. The molecule has 0 unspecified atom stereocenters. The van der Waals surface area contributed by atoms with Crippen LogP contribution in [-0.2, 0) is 4.74 Å². The first-order chi connectivity index (χ1) is 7.99. The molecule has 18 heavy (non-hydrogen) atoms. The Morgan fingerprint density at radius 3 is 2.00 bits per heavy atom. The molecular formula is C14H28N2O2. The van der Waals surface area contributed by atoms with Crippen LogP contribution in [-0.4, -0.2) is 35.2 Å². The summed E-state index contributed by atoms with van der Waals surface area (Å²) >= 11 is 0. The molecule has 0 aromatic carbocycles. The molecule has 1 aliphatic rings. The average molecular weight is 256 g/mol. The number of carbonyl (C=O) groups is 1. The van der Waals surface area contributed by atoms with E-state index in [0.29, 0.717) is 13.1 Å². The summed E-state index contributed by atoms with van der Waals surface area (Å²) in [5, 5.41) is 0. The fraction of sp³-hybridized carbons (Fsp3) is 0.929. The summed E-state index contributed by atoms with van der Waals surface area (Å²) in [5.41, 5.74) is 5.24. The first kappa shape index (κ1) is 15.3. The lowest BCUT2D eigenvalue weighted by Gasteiger charge is -2.39. The molecule has 4 nitrogen and oxygen atoms in total. The number of rotatable bonds is 3. The second kappa shape index (κ2) is 4.72. The smallest absolute Gasteiger partial charge is 0.410 e. The minimum Gasteiger partial charge on any atom is -0.444 e. The van der Waals surface area contributed by atoms with E-state index in [2.05, 4.69) is 0 Å². The molecule has 1 rings (SSSR count). The molecule has 4 heteroatoms. The fourth-order valence-corrected chi connectivity index (χ4v) is 1.83. The lowest BCUT2D eigenvalue weighted by atomic mass is 10.0. The molecule has 0 atom stereocenters. The normalized spacial score (nSPS) is 18.4. The standard InChI is InChI=1S/C14H28N2O2/c1-12(2,3)16(10-14(9-15)7-8-14)11(17)18-13(4,5)6/h7-10,15H2,1-6H3. The molecule has 1 amide bonds. The van der Waals surface area contributed by atoms with Crippen molar-refractivity contribution in [3.05, 3.63) is 0 Å². The van der Waals surface area contributed by atoms with Crippen LogP contribution in [0.3, 0.4) is 0 Å². The molecule has 106 valence electrons. The van der Waals surface area contributed by atoms with Gasteiger partial charge in [-0.1, -0.05) is 0 Å². The maximum absolute atomic E-state index is 12.3. The molecule has 0 bridgehead atoms. The number of carbonyl (C=O) groups excluding carboxylic acids is 1. The van der Waals surface area contributed by atoms with Crippen molar-refractivity contribution in [2.75, 3.05) is 13.1 Å². The van der Waals surface area contributed by atoms with Crippen LogP contribution in [0.15, 0.2) is 0 Å². The van der Waals surface area contributed by atoms with Gasteiger partial charge in [-0.3, -0.25) is 0 Å². The quantitative estimate of drug-likeness (QED) is 0.844. The van der Waals surface area contributed by atoms with Gasteiger partial charge in [-0.15, -0.1) is 0 Å². The van der Waals surface area contributed by atoms with Crippen LogP contribution < -0.4 is 5.73 Å². The van der Waals surface area contributed by atoms with Crippen LogP contribution in [0.4, 0.5) is 4.79 Å². The second-order valence-electron chi connectivity index (χ2n) is 7.44. The van der Waals surface area contributed by atoms with Gasteiger partial charge in [-0.05, 0) is 60.9 Å². The van der Waals surface area contributed by atoms with Crippen LogP contribution >= 0.6 is 0 Å². The van der Waals surface area contributed by atoms with Gasteiger partial charge in [0, 0.05) is 17.5 Å². The van der Waals surface area contributed by atoms with Gasteiger partial charge in [-0.25, -0.2) is 4.79 Å². The summed E-state index contributed by atoms with van der Waals surface area (Å²) in [6.45, 7) is 13.1. The van der Waals surface area contributed by atoms with Gasteiger partial charge in [0.1, 0.15) is 5.60 Å². The zero-order valence-corrected chi connectivity index (χ0v) is 12.7. The van der Waals surface area contributed by atoms with Gasteiger partial charge in [0.25, 0.3) is 0 Å². The highest BCUT2D eigenvalue weighted by molar-refractivity contribution is 5.69. The van der Waals surface area contributed by atoms with Crippen LogP contribution in [0.5, 0.6) is 0 Å². The predicted molar refractivity (Wildman–Crippen MR) is 73.4 cm³/mol. The van der Waals surface area contributed by atoms with Crippen LogP contribution in [0.2, 0.25) is 0 Å². The van der Waals surface area contributed by atoms with E-state index in [1.807, 2.05) is 46.4 Å². The van der Waals surface area contributed by atoms with E-state index in [1.54, 1.807) is 0 Å². The number of hydrogen-bond donors (Lipinski definition) is 1. The predicted octanol–water partition coefficient (Wildman–Crippen LogP) is 2.76. The topological polar surface area (TPSA) is 55.6 Å². The Morgan fingerprint density at radius 2 is 1.72 bits per heavy atom. The Hall–Kier alpha value is -0.770. The SMILES string of the molecule is CC(C)(C)OC(=O)N(CC1(CN)CC1)C(C)(C)C. The van der Waals surface area contributed by atoms with E-state index in [-0.39, 0.29) is 17.0 Å². The molecule has 0 heterocycles. The van der Waals surface area contributed by atoms with E-state index in [0.717, 1.165) is 12.8 Å². The second-order valence-corrected chi connectivity index (χ2v) is 7.44. The number of nitrogens with two attached hydrogens (primary N) is 1. The Kier molecular flexibility index (Phi) is 4.01. The van der Waals surface area contributed by atoms with Crippen molar-refractivity contribution in [3.8, 4) is 0 Å². The third-order valence-corrected chi connectivity index (χ3v) is 3.31. The molecular weight excluding hydrogens is 228 g/mol. The summed E-state index contributed by atoms with van der Waals surface area (Å²) in [5.74, 6) is 0. The Morgan fingerprint density at radius 1 is 1.22 bits per heavy atom. The zero-order chi connectivity index (χ0) is 14.2. The summed E-state index contributed by atoms with van der Waals surface area (Å²) in [6.07, 6.45) is 1.98. The number of hydrogen-bond acceptors (Lipinski definition) is 3. The molecule has 0 spiro atoms. The van der Waals surface area contributed by atoms with Gasteiger partial charge in [-0.2, -0.15) is 0 Å². The van der Waals surface area contributed by atoms with Crippen LogP contribution in [0.25, 0.3) is 0 Å². The summed E-state index contributed by atoms with van der Waals surface area (Å²) < 4.78 is 5.49. The van der Waals surface area contributed by atoms with Crippen molar-refractivity contribution < 1.29 is 9.53 Å². The van der Waals surface area contributed by atoms with Crippen LogP contribution in [0.1, 0.15) is 54.4 Å². The van der Waals surface area contributed by atoms with Crippen molar-refractivity contribution in [1.82, 2.24) is 4.90 Å². The van der Waals surface area contributed by atoms with Gasteiger partial charge < -0.3 is 15.4 Å². The third kappa shape index (κ3) is 4.16. The Labute approximate surface area is 111 Å². The Bertz CT molecular complexity index is 309. The highest BCUT2D eigenvalue weighted by Crippen LogP contribution is 2.46. The van der Waals surface area contributed by atoms with Crippen molar-refractivity contribution >= 4 is 6.09 Å². The van der Waals surface area contributed by atoms with Crippen LogP contribution in [0, 0.1) is 5.41 Å². The zero-order valence-electron chi connectivity index (χ0n) is 12.7. The van der Waals surface area contributed by atoms with Crippen molar-refractivity contribution in [2.24, 2.45) is 11.1 Å². The van der Waals surface area contributed by atoms with Gasteiger partial charge in [0.15, 0.2) is 0 Å². The number of ether oxygens (including phenoxy) is 1. The molecule has 1 saturated carbocycles. The highest BCUT2D eigenvalue weighted by Gasteiger charge is 2.46. The average Bonchev–Trinajstić information content (AvgIpc) is 2.90. The van der Waals surface area contributed by atoms with Crippen molar-refractivity contribution in [1.29, 1.82) is 0 Å². The Balaban J connectivity index is 2.76. The van der Waals surface area contributed by atoms with Gasteiger partial charge in [0.05, 0.1) is 0 Å². The summed E-state index contributed by atoms with van der Waals surface area (Å²) in [4.78, 5) is 14.1. The first-order valence-corrected chi connectivity index (χ1v) is 6.70. The summed E-state index contributed by atoms with van der Waals surface area (Å²) in [7, 11) is 0. The monoisotopic (exact) mass is 256 g/mol. The minimum absolute atomic E-state index is 0.129. The van der Waals surface area contributed by atoms with E-state index < -0.39 is 5.60 Å². The van der Waals surface area contributed by atoms with Crippen molar-refractivity contribution in [3.63, 3.8) is 0 Å². The third-order valence-electron chi connectivity index (χ3n) is 3.31. The van der Waals surface area contributed by atoms with Gasteiger partial charge in [0.2, 0.25) is 0 Å². The maximum Gasteiger partial charge on any atom is 0.410 e. The van der Waals surface area contributed by atoms with E-state index in [1.165, 1.54) is 0 Å². The summed E-state index contributed by atoms with van der Waals surface area (Å²) in [6, 6.07) is 0. The molecule has 0 saturated heterocycles. The lowest BCUT2D eigenvalue weighted by molar-refractivity contribution is 0.000777. The molecule has 0 aromatic heterocycles. The molecule has 0 aromatic rings. The van der Waals surface area contributed by atoms with E-state index in [4.69, 9.17) is 10.5 Å². The maximum atomic E-state index is 12.3. The number of amides is 1. The molecule has 1 aliphatic carbocycles. The van der Waals surface area contributed by atoms with E-state index in [9.17, 15) is 4.79 Å². The molecule has 0 radical (unpaired) electrons. The lowest BCUT2D eigenvalue weighted by Crippen LogP contribution is -2.51. The molecule has 0 aliphatic heterocycles. The molecule has 1 fully saturated rings. The molecule has 2 N–H and O–H groups in total. The van der Waals surface area contributed by atoms with Crippen molar-refractivity contribution in [2.45, 2.75) is 65.5 Å². The van der Waals surface area contributed by atoms with Gasteiger partial charge >= 0.3 is 6.09 Å². The minimum atomic E-state index is -0.458. The van der Waals surface area contributed by atoms with E-state index >= 15 is 0 Å². The number of nitrogens with zero attached hydrogens (tertiary/aromatic N) is 1. The fourth-order valence-electron chi connectivity index (χ4n) is 1.83. The highest BCUT2D eigenvalue weighted by atomic mass is 16.6. The largest absolute Gasteiger partial charge is 0.444 e.